The van der Waals surface area contributed by atoms with Gasteiger partial charge in [-0.25, -0.2) is 8.42 Å². The Morgan fingerprint density at radius 1 is 1.30 bits per heavy atom. The van der Waals surface area contributed by atoms with E-state index in [2.05, 4.69) is 15.9 Å². The Hall–Kier alpha value is -0.530. The highest BCUT2D eigenvalue weighted by molar-refractivity contribution is 9.10. The second-order valence-corrected chi connectivity index (χ2v) is 7.75. The summed E-state index contributed by atoms with van der Waals surface area (Å²) < 4.78 is 31.9. The Morgan fingerprint density at radius 3 is 2.40 bits per heavy atom. The summed E-state index contributed by atoms with van der Waals surface area (Å²) >= 11 is 15.2. The summed E-state index contributed by atoms with van der Waals surface area (Å²) in [4.78, 5) is -0.113. The first-order valence-electron chi connectivity index (χ1n) is 5.45. The molecular formula is C12H10BrCl2NO3S. The second kappa shape index (κ2) is 6.07. The van der Waals surface area contributed by atoms with Crippen molar-refractivity contribution in [2.75, 3.05) is 7.05 Å². The standard InChI is InChI=1S/C12H10BrCl2NO3S/c1-16(7-9-3-2-4-19-9)20(17,18)12-10(14)5-8(13)6-11(12)15/h2-6H,7H2,1H3. The van der Waals surface area contributed by atoms with Gasteiger partial charge in [0.25, 0.3) is 0 Å². The minimum Gasteiger partial charge on any atom is -0.468 e. The lowest BCUT2D eigenvalue weighted by Gasteiger charge is -2.18. The van der Waals surface area contributed by atoms with Gasteiger partial charge >= 0.3 is 0 Å². The number of nitrogens with zero attached hydrogens (tertiary/aromatic N) is 1. The van der Waals surface area contributed by atoms with E-state index < -0.39 is 10.0 Å². The van der Waals surface area contributed by atoms with E-state index in [4.69, 9.17) is 27.6 Å². The lowest BCUT2D eigenvalue weighted by Crippen LogP contribution is -2.26. The third-order valence-electron chi connectivity index (χ3n) is 2.59. The summed E-state index contributed by atoms with van der Waals surface area (Å²) in [6.45, 7) is 0.0953. The van der Waals surface area contributed by atoms with E-state index in [1.54, 1.807) is 12.1 Å². The smallest absolute Gasteiger partial charge is 0.246 e. The van der Waals surface area contributed by atoms with Crippen molar-refractivity contribution >= 4 is 49.2 Å². The lowest BCUT2D eigenvalue weighted by atomic mass is 10.4. The summed E-state index contributed by atoms with van der Waals surface area (Å²) in [7, 11) is -2.37. The molecule has 0 aliphatic carbocycles. The molecule has 108 valence electrons. The highest BCUT2D eigenvalue weighted by Crippen LogP contribution is 2.34. The van der Waals surface area contributed by atoms with Crippen LogP contribution < -0.4 is 0 Å². The highest BCUT2D eigenvalue weighted by atomic mass is 79.9. The zero-order valence-electron chi connectivity index (χ0n) is 10.3. The minimum atomic E-state index is -3.80. The minimum absolute atomic E-state index is 0.0654. The molecule has 4 nitrogen and oxygen atoms in total. The summed E-state index contributed by atoms with van der Waals surface area (Å²) in [6.07, 6.45) is 1.48. The first-order valence-corrected chi connectivity index (χ1v) is 8.44. The van der Waals surface area contributed by atoms with Crippen molar-refractivity contribution in [3.8, 4) is 0 Å². The van der Waals surface area contributed by atoms with Gasteiger partial charge in [0, 0.05) is 11.5 Å². The molecule has 0 fully saturated rings. The van der Waals surface area contributed by atoms with Crippen LogP contribution in [0.1, 0.15) is 5.76 Å². The van der Waals surface area contributed by atoms with Crippen LogP contribution in [0.5, 0.6) is 0 Å². The third-order valence-corrected chi connectivity index (χ3v) is 5.77. The fourth-order valence-electron chi connectivity index (χ4n) is 1.64. The van der Waals surface area contributed by atoms with E-state index >= 15 is 0 Å². The molecule has 20 heavy (non-hydrogen) atoms. The van der Waals surface area contributed by atoms with Gasteiger partial charge in [-0.1, -0.05) is 39.1 Å². The van der Waals surface area contributed by atoms with E-state index in [1.807, 2.05) is 0 Å². The normalized spacial score (nSPS) is 12.1. The molecule has 0 aliphatic rings. The van der Waals surface area contributed by atoms with Crippen LogP contribution in [0, 0.1) is 0 Å². The van der Waals surface area contributed by atoms with Gasteiger partial charge in [0.2, 0.25) is 10.0 Å². The van der Waals surface area contributed by atoms with Crippen LogP contribution in [-0.2, 0) is 16.6 Å². The quantitative estimate of drug-likeness (QED) is 0.776. The van der Waals surface area contributed by atoms with Crippen molar-refractivity contribution in [3.63, 3.8) is 0 Å². The molecule has 0 bridgehead atoms. The first-order chi connectivity index (χ1) is 9.32. The van der Waals surface area contributed by atoms with Crippen LogP contribution in [0.4, 0.5) is 0 Å². The van der Waals surface area contributed by atoms with Crippen molar-refractivity contribution in [1.82, 2.24) is 4.31 Å². The molecule has 0 atom stereocenters. The molecule has 0 unspecified atom stereocenters. The Bertz CT molecular complexity index is 693. The lowest BCUT2D eigenvalue weighted by molar-refractivity contribution is 0.406. The zero-order valence-corrected chi connectivity index (χ0v) is 14.2. The van der Waals surface area contributed by atoms with E-state index in [0.717, 1.165) is 4.31 Å². The predicted octanol–water partition coefficient (Wildman–Crippen LogP) is 4.17. The van der Waals surface area contributed by atoms with Crippen LogP contribution in [0.15, 0.2) is 44.3 Å². The van der Waals surface area contributed by atoms with E-state index in [-0.39, 0.29) is 21.5 Å². The summed E-state index contributed by atoms with van der Waals surface area (Å²) in [6, 6.07) is 6.36. The topological polar surface area (TPSA) is 50.5 Å². The van der Waals surface area contributed by atoms with Gasteiger partial charge in [0.05, 0.1) is 22.9 Å². The van der Waals surface area contributed by atoms with Crippen LogP contribution in [-0.4, -0.2) is 19.8 Å². The monoisotopic (exact) mass is 397 g/mol. The highest BCUT2D eigenvalue weighted by Gasteiger charge is 2.27. The molecule has 1 aromatic heterocycles. The number of hydrogen-bond acceptors (Lipinski definition) is 3. The van der Waals surface area contributed by atoms with Crippen molar-refractivity contribution in [3.05, 3.63) is 50.8 Å². The molecule has 0 spiro atoms. The number of rotatable bonds is 4. The van der Waals surface area contributed by atoms with Crippen LogP contribution in [0.3, 0.4) is 0 Å². The van der Waals surface area contributed by atoms with E-state index in [9.17, 15) is 8.42 Å². The second-order valence-electron chi connectivity index (χ2n) is 4.04. The van der Waals surface area contributed by atoms with Gasteiger partial charge in [-0.3, -0.25) is 0 Å². The molecule has 2 rings (SSSR count). The van der Waals surface area contributed by atoms with Gasteiger partial charge in [0.15, 0.2) is 0 Å². The Kier molecular flexibility index (Phi) is 4.81. The predicted molar refractivity (Wildman–Crippen MR) is 81.5 cm³/mol. The molecular weight excluding hydrogens is 389 g/mol. The van der Waals surface area contributed by atoms with Gasteiger partial charge in [0.1, 0.15) is 10.7 Å². The number of halogens is 3. The molecule has 0 saturated carbocycles. The van der Waals surface area contributed by atoms with Crippen molar-refractivity contribution in [1.29, 1.82) is 0 Å². The molecule has 0 aliphatic heterocycles. The zero-order chi connectivity index (χ0) is 14.9. The number of furan rings is 1. The number of sulfonamides is 1. The average Bonchev–Trinajstić information content (AvgIpc) is 2.79. The van der Waals surface area contributed by atoms with Crippen molar-refractivity contribution in [2.24, 2.45) is 0 Å². The van der Waals surface area contributed by atoms with Crippen molar-refractivity contribution < 1.29 is 12.8 Å². The maximum absolute atomic E-state index is 12.5. The fraction of sp³-hybridized carbons (Fsp3) is 0.167. The average molecular weight is 399 g/mol. The molecule has 1 heterocycles. The van der Waals surface area contributed by atoms with E-state index in [0.29, 0.717) is 10.2 Å². The first kappa shape index (κ1) is 15.9. The van der Waals surface area contributed by atoms with Gasteiger partial charge in [-0.15, -0.1) is 0 Å². The Labute approximate surface area is 135 Å². The maximum Gasteiger partial charge on any atom is 0.246 e. The molecule has 2 aromatic rings. The van der Waals surface area contributed by atoms with Gasteiger partial charge in [-0.05, 0) is 24.3 Å². The Balaban J connectivity index is 2.40. The SMILES string of the molecule is CN(Cc1ccco1)S(=O)(=O)c1c(Cl)cc(Br)cc1Cl. The number of benzene rings is 1. The maximum atomic E-state index is 12.5. The largest absolute Gasteiger partial charge is 0.468 e. The van der Waals surface area contributed by atoms with E-state index in [1.165, 1.54) is 25.4 Å². The summed E-state index contributed by atoms with van der Waals surface area (Å²) in [5, 5.41) is 0.131. The fourth-order valence-corrected chi connectivity index (χ4v) is 4.65. The third kappa shape index (κ3) is 3.20. The van der Waals surface area contributed by atoms with Gasteiger partial charge < -0.3 is 4.42 Å². The van der Waals surface area contributed by atoms with Crippen molar-refractivity contribution in [2.45, 2.75) is 11.4 Å². The molecule has 0 saturated heterocycles. The molecule has 1 aromatic carbocycles. The molecule has 0 radical (unpaired) electrons. The van der Waals surface area contributed by atoms with Crippen LogP contribution >= 0.6 is 39.1 Å². The molecule has 8 heteroatoms. The van der Waals surface area contributed by atoms with Gasteiger partial charge in [-0.2, -0.15) is 4.31 Å². The number of hydrogen-bond donors (Lipinski definition) is 0. The summed E-state index contributed by atoms with van der Waals surface area (Å²) in [5.74, 6) is 0.528. The van der Waals surface area contributed by atoms with Crippen LogP contribution in [0.2, 0.25) is 10.0 Å². The molecule has 0 N–H and O–H groups in total. The Morgan fingerprint density at radius 2 is 1.90 bits per heavy atom. The van der Waals surface area contributed by atoms with Crippen LogP contribution in [0.25, 0.3) is 0 Å². The summed E-state index contributed by atoms with van der Waals surface area (Å²) in [5.41, 5.74) is 0. The molecule has 0 amide bonds.